The summed E-state index contributed by atoms with van der Waals surface area (Å²) in [6, 6.07) is 0. The van der Waals surface area contributed by atoms with E-state index in [4.69, 9.17) is 0 Å². The molecule has 0 spiro atoms. The number of aryl methyl sites for hydroxylation is 1. The summed E-state index contributed by atoms with van der Waals surface area (Å²) in [6.45, 7) is 8.46. The van der Waals surface area contributed by atoms with Crippen molar-refractivity contribution < 1.29 is 0 Å². The van der Waals surface area contributed by atoms with Crippen LogP contribution < -0.4 is 5.32 Å². The van der Waals surface area contributed by atoms with Gasteiger partial charge in [-0.25, -0.2) is 4.98 Å². The molecule has 0 aliphatic rings. The maximum atomic E-state index is 4.22. The minimum atomic E-state index is 0.240. The number of hydrogen-bond acceptors (Lipinski definition) is 3. The van der Waals surface area contributed by atoms with Gasteiger partial charge >= 0.3 is 0 Å². The van der Waals surface area contributed by atoms with E-state index in [0.29, 0.717) is 0 Å². The van der Waals surface area contributed by atoms with Gasteiger partial charge in [-0.1, -0.05) is 13.8 Å². The van der Waals surface area contributed by atoms with Gasteiger partial charge in [0.25, 0.3) is 0 Å². The molecule has 0 aliphatic heterocycles. The van der Waals surface area contributed by atoms with E-state index in [0.717, 1.165) is 24.7 Å². The van der Waals surface area contributed by atoms with E-state index in [9.17, 15) is 0 Å². The molecule has 0 saturated carbocycles. The number of nitrogens with one attached hydrogen (secondary N) is 2. The lowest BCUT2D eigenvalue weighted by atomic mass is 9.93. The van der Waals surface area contributed by atoms with Crippen LogP contribution in [0.3, 0.4) is 0 Å². The number of rotatable bonds is 5. The van der Waals surface area contributed by atoms with Gasteiger partial charge < -0.3 is 15.2 Å². The Morgan fingerprint density at radius 2 is 2.13 bits per heavy atom. The summed E-state index contributed by atoms with van der Waals surface area (Å²) in [7, 11) is 4.19. The first-order valence-electron chi connectivity index (χ1n) is 5.29. The number of imidazole rings is 1. The Hall–Kier alpha value is -1.03. The van der Waals surface area contributed by atoms with Gasteiger partial charge in [-0.15, -0.1) is 0 Å². The molecule has 86 valence electrons. The van der Waals surface area contributed by atoms with Crippen molar-refractivity contribution in [2.75, 3.05) is 32.5 Å². The number of anilines is 1. The Balaban J connectivity index is 2.42. The second-order valence-electron chi connectivity index (χ2n) is 5.17. The summed E-state index contributed by atoms with van der Waals surface area (Å²) in [6.07, 6.45) is 1.83. The monoisotopic (exact) mass is 210 g/mol. The largest absolute Gasteiger partial charge is 0.355 e. The molecule has 0 amide bonds. The van der Waals surface area contributed by atoms with E-state index in [1.54, 1.807) is 0 Å². The van der Waals surface area contributed by atoms with Crippen molar-refractivity contribution in [3.05, 3.63) is 11.9 Å². The topological polar surface area (TPSA) is 44.0 Å². The summed E-state index contributed by atoms with van der Waals surface area (Å²) in [5.41, 5.74) is 1.33. The first-order valence-corrected chi connectivity index (χ1v) is 5.29. The number of aromatic amines is 1. The predicted octanol–water partition coefficient (Wildman–Crippen LogP) is 1.72. The van der Waals surface area contributed by atoms with Gasteiger partial charge in [0.2, 0.25) is 0 Å². The quantitative estimate of drug-likeness (QED) is 0.777. The molecule has 0 aliphatic carbocycles. The molecular weight excluding hydrogens is 188 g/mol. The number of hydrogen-bond donors (Lipinski definition) is 2. The second kappa shape index (κ2) is 4.66. The van der Waals surface area contributed by atoms with Crippen LogP contribution >= 0.6 is 0 Å². The summed E-state index contributed by atoms with van der Waals surface area (Å²) in [5, 5.41) is 3.32. The highest BCUT2D eigenvalue weighted by Crippen LogP contribution is 2.16. The van der Waals surface area contributed by atoms with Gasteiger partial charge in [-0.3, -0.25) is 0 Å². The van der Waals surface area contributed by atoms with Gasteiger partial charge in [-0.2, -0.15) is 0 Å². The second-order valence-corrected chi connectivity index (χ2v) is 5.17. The van der Waals surface area contributed by atoms with Crippen LogP contribution in [-0.2, 0) is 0 Å². The summed E-state index contributed by atoms with van der Waals surface area (Å²) in [5.74, 6) is 0.860. The Morgan fingerprint density at radius 3 is 2.60 bits per heavy atom. The van der Waals surface area contributed by atoms with E-state index in [1.165, 1.54) is 0 Å². The molecule has 0 aromatic carbocycles. The number of nitrogens with zero attached hydrogens (tertiary/aromatic N) is 2. The van der Waals surface area contributed by atoms with Crippen molar-refractivity contribution >= 4 is 5.95 Å². The third-order valence-electron chi connectivity index (χ3n) is 2.18. The van der Waals surface area contributed by atoms with Gasteiger partial charge in [-0.05, 0) is 26.4 Å². The van der Waals surface area contributed by atoms with Gasteiger partial charge in [0.05, 0.1) is 0 Å². The predicted molar refractivity (Wildman–Crippen MR) is 64.1 cm³/mol. The highest BCUT2D eigenvalue weighted by atomic mass is 15.1. The molecule has 4 nitrogen and oxygen atoms in total. The molecule has 1 aromatic heterocycles. The normalized spacial score (nSPS) is 12.1. The third-order valence-corrected chi connectivity index (χ3v) is 2.18. The fraction of sp³-hybridized carbons (Fsp3) is 0.727. The zero-order valence-electron chi connectivity index (χ0n) is 10.4. The summed E-state index contributed by atoms with van der Waals surface area (Å²) in [4.78, 5) is 9.59. The highest BCUT2D eigenvalue weighted by molar-refractivity contribution is 5.26. The van der Waals surface area contributed by atoms with Crippen molar-refractivity contribution in [2.45, 2.75) is 20.8 Å². The Kier molecular flexibility index (Phi) is 3.74. The molecule has 1 heterocycles. The summed E-state index contributed by atoms with van der Waals surface area (Å²) < 4.78 is 0. The molecule has 0 saturated heterocycles. The third kappa shape index (κ3) is 4.34. The average molecular weight is 210 g/mol. The molecule has 0 radical (unpaired) electrons. The molecule has 0 fully saturated rings. The fourth-order valence-electron chi connectivity index (χ4n) is 1.74. The molecule has 1 aromatic rings. The van der Waals surface area contributed by atoms with Gasteiger partial charge in [0.15, 0.2) is 5.95 Å². The van der Waals surface area contributed by atoms with Crippen LogP contribution in [0.2, 0.25) is 0 Å². The molecule has 4 heteroatoms. The molecular formula is C11H22N4. The lowest BCUT2D eigenvalue weighted by molar-refractivity contribution is 0.254. The lowest BCUT2D eigenvalue weighted by Gasteiger charge is -2.28. The van der Waals surface area contributed by atoms with E-state index >= 15 is 0 Å². The van der Waals surface area contributed by atoms with Gasteiger partial charge in [0.1, 0.15) is 0 Å². The zero-order valence-corrected chi connectivity index (χ0v) is 10.4. The van der Waals surface area contributed by atoms with Crippen LogP contribution in [0.15, 0.2) is 6.20 Å². The van der Waals surface area contributed by atoms with Gasteiger partial charge in [0, 0.05) is 25.0 Å². The minimum absolute atomic E-state index is 0.240. The van der Waals surface area contributed by atoms with E-state index in [-0.39, 0.29) is 5.41 Å². The van der Waals surface area contributed by atoms with Crippen LogP contribution in [0.25, 0.3) is 0 Å². The van der Waals surface area contributed by atoms with Crippen molar-refractivity contribution in [2.24, 2.45) is 5.41 Å². The smallest absolute Gasteiger partial charge is 0.200 e. The minimum Gasteiger partial charge on any atom is -0.355 e. The molecule has 15 heavy (non-hydrogen) atoms. The van der Waals surface area contributed by atoms with Crippen LogP contribution in [0.1, 0.15) is 19.5 Å². The molecule has 2 N–H and O–H groups in total. The van der Waals surface area contributed by atoms with Crippen molar-refractivity contribution in [1.82, 2.24) is 14.9 Å². The fourth-order valence-corrected chi connectivity index (χ4v) is 1.74. The zero-order chi connectivity index (χ0) is 11.5. The maximum Gasteiger partial charge on any atom is 0.200 e. The standard InChI is InChI=1S/C11H22N4/c1-9-6-12-10(14-9)13-7-11(2,3)8-15(4)5/h6H,7-8H2,1-5H3,(H2,12,13,14). The maximum absolute atomic E-state index is 4.22. The highest BCUT2D eigenvalue weighted by Gasteiger charge is 2.18. The van der Waals surface area contributed by atoms with Crippen molar-refractivity contribution in [3.8, 4) is 0 Å². The van der Waals surface area contributed by atoms with Crippen LogP contribution in [0, 0.1) is 12.3 Å². The van der Waals surface area contributed by atoms with Crippen LogP contribution in [0.5, 0.6) is 0 Å². The van der Waals surface area contributed by atoms with E-state index in [1.807, 2.05) is 13.1 Å². The Bertz CT molecular complexity index is 301. The molecule has 0 unspecified atom stereocenters. The summed E-state index contributed by atoms with van der Waals surface area (Å²) >= 11 is 0. The molecule has 1 rings (SSSR count). The van der Waals surface area contributed by atoms with Crippen LogP contribution in [0.4, 0.5) is 5.95 Å². The Labute approximate surface area is 92.1 Å². The first kappa shape index (κ1) is 12.0. The van der Waals surface area contributed by atoms with E-state index in [2.05, 4.69) is 48.1 Å². The molecule has 0 bridgehead atoms. The van der Waals surface area contributed by atoms with Crippen molar-refractivity contribution in [3.63, 3.8) is 0 Å². The number of H-pyrrole nitrogens is 1. The molecule has 0 atom stereocenters. The number of aromatic nitrogens is 2. The Morgan fingerprint density at radius 1 is 1.47 bits per heavy atom. The first-order chi connectivity index (χ1) is 6.89. The lowest BCUT2D eigenvalue weighted by Crippen LogP contribution is -2.34. The SMILES string of the molecule is Cc1cnc(NCC(C)(C)CN(C)C)[nH]1. The van der Waals surface area contributed by atoms with Crippen LogP contribution in [-0.4, -0.2) is 42.1 Å². The average Bonchev–Trinajstić information content (AvgIpc) is 2.46. The van der Waals surface area contributed by atoms with E-state index < -0.39 is 0 Å². The van der Waals surface area contributed by atoms with Crippen molar-refractivity contribution in [1.29, 1.82) is 0 Å².